The van der Waals surface area contributed by atoms with Gasteiger partial charge >= 0.3 is 0 Å². The average Bonchev–Trinajstić information content (AvgIpc) is 2.80. The standard InChI is InChI=1S/C14H16N2O2S/c1-9-3-4-19-13(9)8-16-14(17)10-5-11(15)7-12(6-10)18-2/h3-7H,8,15H2,1-2H3,(H,16,17). The van der Waals surface area contributed by atoms with Crippen molar-refractivity contribution >= 4 is 22.9 Å². The molecule has 0 saturated carbocycles. The van der Waals surface area contributed by atoms with Crippen molar-refractivity contribution in [3.8, 4) is 5.75 Å². The molecule has 100 valence electrons. The summed E-state index contributed by atoms with van der Waals surface area (Å²) in [6.07, 6.45) is 0. The van der Waals surface area contributed by atoms with Crippen LogP contribution in [0.2, 0.25) is 0 Å². The highest BCUT2D eigenvalue weighted by atomic mass is 32.1. The molecule has 3 N–H and O–H groups in total. The molecule has 5 heteroatoms. The van der Waals surface area contributed by atoms with Gasteiger partial charge in [0.2, 0.25) is 0 Å². The molecule has 1 aromatic carbocycles. The Bertz CT molecular complexity index is 593. The van der Waals surface area contributed by atoms with Gasteiger partial charge in [0.05, 0.1) is 13.7 Å². The molecule has 4 nitrogen and oxygen atoms in total. The molecule has 0 aliphatic carbocycles. The van der Waals surface area contributed by atoms with Gasteiger partial charge in [-0.3, -0.25) is 4.79 Å². The highest BCUT2D eigenvalue weighted by Gasteiger charge is 2.09. The molecular weight excluding hydrogens is 260 g/mol. The number of hydrogen-bond acceptors (Lipinski definition) is 4. The number of nitrogen functional groups attached to an aromatic ring is 1. The summed E-state index contributed by atoms with van der Waals surface area (Å²) in [7, 11) is 1.55. The number of hydrogen-bond donors (Lipinski definition) is 2. The Balaban J connectivity index is 2.08. The van der Waals surface area contributed by atoms with Crippen LogP contribution < -0.4 is 15.8 Å². The summed E-state index contributed by atoms with van der Waals surface area (Å²) in [5, 5.41) is 4.90. The number of anilines is 1. The molecule has 0 saturated heterocycles. The van der Waals surface area contributed by atoms with Crippen molar-refractivity contribution in [3.05, 3.63) is 45.6 Å². The van der Waals surface area contributed by atoms with Crippen LogP contribution in [0.15, 0.2) is 29.6 Å². The van der Waals surface area contributed by atoms with Crippen LogP contribution in [-0.2, 0) is 6.54 Å². The first-order valence-corrected chi connectivity index (χ1v) is 6.74. The minimum atomic E-state index is -0.154. The quantitative estimate of drug-likeness (QED) is 0.844. The second-order valence-electron chi connectivity index (χ2n) is 4.20. The van der Waals surface area contributed by atoms with Crippen LogP contribution in [0.25, 0.3) is 0 Å². The molecule has 0 aliphatic heterocycles. The van der Waals surface area contributed by atoms with E-state index < -0.39 is 0 Å². The van der Waals surface area contributed by atoms with Crippen molar-refractivity contribution in [1.29, 1.82) is 0 Å². The lowest BCUT2D eigenvalue weighted by Gasteiger charge is -2.08. The number of ether oxygens (including phenoxy) is 1. The highest BCUT2D eigenvalue weighted by molar-refractivity contribution is 7.10. The first-order chi connectivity index (χ1) is 9.10. The predicted octanol–water partition coefficient (Wildman–Crippen LogP) is 2.58. The van der Waals surface area contributed by atoms with E-state index >= 15 is 0 Å². The Morgan fingerprint density at radius 3 is 2.84 bits per heavy atom. The van der Waals surface area contributed by atoms with Crippen LogP contribution in [0.3, 0.4) is 0 Å². The minimum absolute atomic E-state index is 0.154. The van der Waals surface area contributed by atoms with Crippen molar-refractivity contribution in [2.24, 2.45) is 0 Å². The number of methoxy groups -OCH3 is 1. The molecular formula is C14H16N2O2S. The Morgan fingerprint density at radius 2 is 2.21 bits per heavy atom. The van der Waals surface area contributed by atoms with Gasteiger partial charge in [-0.15, -0.1) is 11.3 Å². The van der Waals surface area contributed by atoms with Crippen LogP contribution in [0, 0.1) is 6.92 Å². The summed E-state index contributed by atoms with van der Waals surface area (Å²) in [5.74, 6) is 0.427. The molecule has 2 aromatic rings. The van der Waals surface area contributed by atoms with Gasteiger partial charge in [0.15, 0.2) is 0 Å². The SMILES string of the molecule is COc1cc(N)cc(C(=O)NCc2sccc2C)c1. The molecule has 0 spiro atoms. The van der Waals surface area contributed by atoms with Crippen molar-refractivity contribution < 1.29 is 9.53 Å². The van der Waals surface area contributed by atoms with E-state index in [1.54, 1.807) is 36.6 Å². The maximum absolute atomic E-state index is 12.1. The molecule has 1 heterocycles. The first-order valence-electron chi connectivity index (χ1n) is 5.86. The molecule has 1 amide bonds. The van der Waals surface area contributed by atoms with Crippen LogP contribution in [0.1, 0.15) is 20.8 Å². The Hall–Kier alpha value is -2.01. The van der Waals surface area contributed by atoms with E-state index in [0.29, 0.717) is 23.5 Å². The van der Waals surface area contributed by atoms with Gasteiger partial charge in [-0.25, -0.2) is 0 Å². The Morgan fingerprint density at radius 1 is 1.42 bits per heavy atom. The lowest BCUT2D eigenvalue weighted by molar-refractivity contribution is 0.0951. The number of nitrogens with one attached hydrogen (secondary N) is 1. The highest BCUT2D eigenvalue weighted by Crippen LogP contribution is 2.19. The first kappa shape index (κ1) is 13.4. The van der Waals surface area contributed by atoms with E-state index in [1.807, 2.05) is 18.4 Å². The molecule has 0 radical (unpaired) electrons. The summed E-state index contributed by atoms with van der Waals surface area (Å²) in [4.78, 5) is 13.2. The van der Waals surface area contributed by atoms with Gasteiger partial charge in [-0.1, -0.05) is 0 Å². The average molecular weight is 276 g/mol. The maximum atomic E-state index is 12.1. The van der Waals surface area contributed by atoms with Crippen molar-refractivity contribution in [2.75, 3.05) is 12.8 Å². The predicted molar refractivity (Wildman–Crippen MR) is 77.6 cm³/mol. The van der Waals surface area contributed by atoms with Crippen LogP contribution in [0.4, 0.5) is 5.69 Å². The number of thiophene rings is 1. The van der Waals surface area contributed by atoms with Gasteiger partial charge in [-0.05, 0) is 36.1 Å². The normalized spacial score (nSPS) is 10.2. The smallest absolute Gasteiger partial charge is 0.251 e. The molecule has 2 rings (SSSR count). The van der Waals surface area contributed by atoms with E-state index in [2.05, 4.69) is 5.32 Å². The van der Waals surface area contributed by atoms with Gasteiger partial charge < -0.3 is 15.8 Å². The number of nitrogens with two attached hydrogens (primary N) is 1. The molecule has 0 unspecified atom stereocenters. The van der Waals surface area contributed by atoms with Crippen molar-refractivity contribution in [2.45, 2.75) is 13.5 Å². The summed E-state index contributed by atoms with van der Waals surface area (Å²) in [6.45, 7) is 2.56. The Labute approximate surface area is 116 Å². The van der Waals surface area contributed by atoms with E-state index in [4.69, 9.17) is 10.5 Å². The molecule has 1 aromatic heterocycles. The number of carbonyl (C=O) groups excluding carboxylic acids is 1. The second kappa shape index (κ2) is 5.75. The van der Waals surface area contributed by atoms with Crippen LogP contribution >= 0.6 is 11.3 Å². The van der Waals surface area contributed by atoms with E-state index in [1.165, 1.54) is 5.56 Å². The molecule has 19 heavy (non-hydrogen) atoms. The topological polar surface area (TPSA) is 64.3 Å². The number of rotatable bonds is 4. The van der Waals surface area contributed by atoms with Gasteiger partial charge in [0.1, 0.15) is 5.75 Å². The third-order valence-electron chi connectivity index (χ3n) is 2.80. The maximum Gasteiger partial charge on any atom is 0.251 e. The van der Waals surface area contributed by atoms with Gasteiger partial charge in [-0.2, -0.15) is 0 Å². The fraction of sp³-hybridized carbons (Fsp3) is 0.214. The lowest BCUT2D eigenvalue weighted by Crippen LogP contribution is -2.22. The molecule has 0 atom stereocenters. The number of carbonyl (C=O) groups is 1. The van der Waals surface area contributed by atoms with Crippen molar-refractivity contribution in [3.63, 3.8) is 0 Å². The molecule has 0 bridgehead atoms. The van der Waals surface area contributed by atoms with E-state index in [9.17, 15) is 4.79 Å². The fourth-order valence-electron chi connectivity index (χ4n) is 1.72. The summed E-state index contributed by atoms with van der Waals surface area (Å²) < 4.78 is 5.10. The summed E-state index contributed by atoms with van der Waals surface area (Å²) >= 11 is 1.63. The van der Waals surface area contributed by atoms with Crippen molar-refractivity contribution in [1.82, 2.24) is 5.32 Å². The Kier molecular flexibility index (Phi) is 4.06. The second-order valence-corrected chi connectivity index (χ2v) is 5.20. The summed E-state index contributed by atoms with van der Waals surface area (Å²) in [6, 6.07) is 7.03. The fourth-order valence-corrected chi connectivity index (χ4v) is 2.56. The molecule has 0 aliphatic rings. The van der Waals surface area contributed by atoms with E-state index in [-0.39, 0.29) is 5.91 Å². The zero-order valence-corrected chi connectivity index (χ0v) is 11.7. The summed E-state index contributed by atoms with van der Waals surface area (Å²) in [5.41, 5.74) is 7.94. The van der Waals surface area contributed by atoms with E-state index in [0.717, 1.165) is 4.88 Å². The third kappa shape index (κ3) is 3.26. The van der Waals surface area contributed by atoms with Gasteiger partial charge in [0.25, 0.3) is 5.91 Å². The zero-order chi connectivity index (χ0) is 13.8. The third-order valence-corrected chi connectivity index (χ3v) is 3.83. The monoisotopic (exact) mass is 276 g/mol. The van der Waals surface area contributed by atoms with Gasteiger partial charge in [0, 0.05) is 22.2 Å². The van der Waals surface area contributed by atoms with Crippen LogP contribution in [-0.4, -0.2) is 13.0 Å². The zero-order valence-electron chi connectivity index (χ0n) is 10.9. The van der Waals surface area contributed by atoms with Crippen LogP contribution in [0.5, 0.6) is 5.75 Å². The number of amides is 1. The minimum Gasteiger partial charge on any atom is -0.497 e. The lowest BCUT2D eigenvalue weighted by atomic mass is 10.1. The number of aryl methyl sites for hydroxylation is 1. The molecule has 0 fully saturated rings. The number of benzene rings is 1. The largest absolute Gasteiger partial charge is 0.497 e.